The zero-order chi connectivity index (χ0) is 13.6. The summed E-state index contributed by atoms with van der Waals surface area (Å²) >= 11 is 3.63. The van der Waals surface area contributed by atoms with E-state index in [1.165, 1.54) is 51.4 Å². The highest BCUT2D eigenvalue weighted by molar-refractivity contribution is 9.09. The first-order valence-corrected chi connectivity index (χ1v) is 9.26. The van der Waals surface area contributed by atoms with Gasteiger partial charge in [-0.3, -0.25) is 4.79 Å². The third-order valence-corrected chi connectivity index (χ3v) is 6.00. The molecule has 0 aliphatic heterocycles. The van der Waals surface area contributed by atoms with Crippen molar-refractivity contribution in [1.29, 1.82) is 0 Å². The van der Waals surface area contributed by atoms with Crippen LogP contribution in [0, 0.1) is 5.92 Å². The lowest BCUT2D eigenvalue weighted by Gasteiger charge is -2.38. The van der Waals surface area contributed by atoms with E-state index in [1.54, 1.807) is 0 Å². The molecule has 0 saturated heterocycles. The number of halogens is 1. The maximum absolute atomic E-state index is 12.6. The van der Waals surface area contributed by atoms with Crippen LogP contribution >= 0.6 is 15.9 Å². The van der Waals surface area contributed by atoms with Crippen LogP contribution in [-0.4, -0.2) is 16.8 Å². The lowest BCUT2D eigenvalue weighted by atomic mass is 9.82. The summed E-state index contributed by atoms with van der Waals surface area (Å²) in [6.07, 6.45) is 14.8. The van der Waals surface area contributed by atoms with Crippen molar-refractivity contribution in [2.45, 2.75) is 82.6 Å². The Morgan fingerprint density at radius 2 is 1.47 bits per heavy atom. The Bertz CT molecular complexity index is 278. The van der Waals surface area contributed by atoms with Crippen molar-refractivity contribution in [1.82, 2.24) is 5.32 Å². The lowest BCUT2D eigenvalue weighted by molar-refractivity contribution is -0.127. The molecular formula is C16H28BrNO. The van der Waals surface area contributed by atoms with E-state index in [0.29, 0.717) is 5.91 Å². The molecule has 2 saturated carbocycles. The van der Waals surface area contributed by atoms with E-state index in [0.717, 1.165) is 31.0 Å². The summed E-state index contributed by atoms with van der Waals surface area (Å²) in [6.45, 7) is 0. The highest BCUT2D eigenvalue weighted by atomic mass is 79.9. The third-order valence-electron chi connectivity index (χ3n) is 4.93. The summed E-state index contributed by atoms with van der Waals surface area (Å²) in [5.41, 5.74) is 0.0533. The van der Waals surface area contributed by atoms with Gasteiger partial charge < -0.3 is 5.32 Å². The molecule has 2 fully saturated rings. The predicted octanol–water partition coefficient (Wildman–Crippen LogP) is 4.56. The van der Waals surface area contributed by atoms with Gasteiger partial charge in [-0.15, -0.1) is 0 Å². The van der Waals surface area contributed by atoms with Crippen molar-refractivity contribution >= 4 is 21.8 Å². The fourth-order valence-electron chi connectivity index (χ4n) is 3.60. The summed E-state index contributed by atoms with van der Waals surface area (Å²) < 4.78 is 0. The zero-order valence-electron chi connectivity index (χ0n) is 12.1. The van der Waals surface area contributed by atoms with Crippen LogP contribution in [0.15, 0.2) is 0 Å². The van der Waals surface area contributed by atoms with Crippen LogP contribution in [0.1, 0.15) is 77.0 Å². The molecule has 0 aromatic heterocycles. The van der Waals surface area contributed by atoms with Crippen LogP contribution in [0.2, 0.25) is 0 Å². The van der Waals surface area contributed by atoms with Crippen LogP contribution in [-0.2, 0) is 4.79 Å². The lowest BCUT2D eigenvalue weighted by Crippen LogP contribution is -2.53. The molecule has 2 aliphatic carbocycles. The van der Waals surface area contributed by atoms with Crippen molar-refractivity contribution in [3.63, 3.8) is 0 Å². The second-order valence-corrected chi connectivity index (χ2v) is 7.07. The quantitative estimate of drug-likeness (QED) is 0.755. The minimum absolute atomic E-state index is 0.0533. The van der Waals surface area contributed by atoms with E-state index in [9.17, 15) is 4.79 Å². The molecule has 1 N–H and O–H groups in total. The first kappa shape index (κ1) is 15.3. The highest BCUT2D eigenvalue weighted by Crippen LogP contribution is 2.31. The maximum atomic E-state index is 12.6. The summed E-state index contributed by atoms with van der Waals surface area (Å²) in [7, 11) is 0. The molecule has 0 bridgehead atoms. The molecule has 0 spiro atoms. The van der Waals surface area contributed by atoms with Gasteiger partial charge in [0.15, 0.2) is 0 Å². The van der Waals surface area contributed by atoms with Crippen molar-refractivity contribution in [2.75, 3.05) is 5.33 Å². The van der Waals surface area contributed by atoms with Crippen LogP contribution < -0.4 is 5.32 Å². The van der Waals surface area contributed by atoms with Crippen molar-refractivity contribution in [3.8, 4) is 0 Å². The smallest absolute Gasteiger partial charge is 0.223 e. The molecule has 19 heavy (non-hydrogen) atoms. The van der Waals surface area contributed by atoms with Gasteiger partial charge >= 0.3 is 0 Å². The van der Waals surface area contributed by atoms with Gasteiger partial charge in [-0.25, -0.2) is 0 Å². The Morgan fingerprint density at radius 3 is 2.05 bits per heavy atom. The fourth-order valence-corrected chi connectivity index (χ4v) is 4.30. The van der Waals surface area contributed by atoms with E-state index in [2.05, 4.69) is 21.2 Å². The van der Waals surface area contributed by atoms with E-state index in [1.807, 2.05) is 0 Å². The van der Waals surface area contributed by atoms with Gasteiger partial charge in [0.1, 0.15) is 0 Å². The van der Waals surface area contributed by atoms with Crippen molar-refractivity contribution in [3.05, 3.63) is 0 Å². The molecule has 0 atom stereocenters. The summed E-state index contributed by atoms with van der Waals surface area (Å²) in [5.74, 6) is 0.612. The average Bonchev–Trinajstić information content (AvgIpc) is 2.39. The third kappa shape index (κ3) is 4.47. The van der Waals surface area contributed by atoms with Gasteiger partial charge in [0.2, 0.25) is 5.91 Å². The molecule has 0 unspecified atom stereocenters. The molecule has 2 rings (SSSR count). The van der Waals surface area contributed by atoms with Gasteiger partial charge in [-0.1, -0.05) is 67.3 Å². The molecule has 3 heteroatoms. The summed E-state index contributed by atoms with van der Waals surface area (Å²) in [5, 5.41) is 4.33. The van der Waals surface area contributed by atoms with Gasteiger partial charge in [0, 0.05) is 16.8 Å². The van der Waals surface area contributed by atoms with Crippen LogP contribution in [0.5, 0.6) is 0 Å². The Kier molecular flexibility index (Phi) is 6.18. The molecule has 0 heterocycles. The first-order valence-electron chi connectivity index (χ1n) is 8.14. The average molecular weight is 330 g/mol. The fraction of sp³-hybridized carbons (Fsp3) is 0.938. The number of carbonyl (C=O) groups excluding carboxylic acids is 1. The summed E-state index contributed by atoms with van der Waals surface area (Å²) in [6, 6.07) is 0. The second kappa shape index (κ2) is 7.66. The molecule has 0 aromatic carbocycles. The Balaban J connectivity index is 1.90. The monoisotopic (exact) mass is 329 g/mol. The van der Waals surface area contributed by atoms with Crippen molar-refractivity contribution < 1.29 is 4.79 Å². The molecular weight excluding hydrogens is 302 g/mol. The van der Waals surface area contributed by atoms with E-state index in [4.69, 9.17) is 0 Å². The molecule has 110 valence electrons. The molecule has 0 aromatic rings. The molecule has 1 amide bonds. The Morgan fingerprint density at radius 1 is 0.947 bits per heavy atom. The normalized spacial score (nSPS) is 25.3. The first-order chi connectivity index (χ1) is 9.26. The molecule has 0 radical (unpaired) electrons. The number of hydrogen-bond acceptors (Lipinski definition) is 1. The van der Waals surface area contributed by atoms with E-state index >= 15 is 0 Å². The number of carbonyl (C=O) groups is 1. The number of alkyl halides is 1. The maximum Gasteiger partial charge on any atom is 0.223 e. The number of nitrogens with one attached hydrogen (secondary N) is 1. The molecule has 2 nitrogen and oxygen atoms in total. The summed E-state index contributed by atoms with van der Waals surface area (Å²) in [4.78, 5) is 12.6. The van der Waals surface area contributed by atoms with Crippen molar-refractivity contribution in [2.24, 2.45) is 5.92 Å². The van der Waals surface area contributed by atoms with Crippen LogP contribution in [0.25, 0.3) is 0 Å². The standard InChI is InChI=1S/C16H28BrNO/c17-13-16(11-7-4-8-12-16)18-15(19)14-9-5-2-1-3-6-10-14/h14H,1-13H2,(H,18,19). The Labute approximate surface area is 126 Å². The Hall–Kier alpha value is -0.0500. The predicted molar refractivity (Wildman–Crippen MR) is 83.6 cm³/mol. The molecule has 2 aliphatic rings. The number of amides is 1. The zero-order valence-corrected chi connectivity index (χ0v) is 13.6. The second-order valence-electron chi connectivity index (χ2n) is 6.51. The van der Waals surface area contributed by atoms with E-state index in [-0.39, 0.29) is 11.5 Å². The van der Waals surface area contributed by atoms with Crippen LogP contribution in [0.3, 0.4) is 0 Å². The van der Waals surface area contributed by atoms with E-state index < -0.39 is 0 Å². The largest absolute Gasteiger partial charge is 0.350 e. The number of hydrogen-bond donors (Lipinski definition) is 1. The van der Waals surface area contributed by atoms with Gasteiger partial charge in [0.25, 0.3) is 0 Å². The van der Waals surface area contributed by atoms with Crippen LogP contribution in [0.4, 0.5) is 0 Å². The number of rotatable bonds is 3. The van der Waals surface area contributed by atoms with Gasteiger partial charge in [0.05, 0.1) is 0 Å². The topological polar surface area (TPSA) is 29.1 Å². The van der Waals surface area contributed by atoms with Gasteiger partial charge in [-0.05, 0) is 25.7 Å². The minimum atomic E-state index is 0.0533. The van der Waals surface area contributed by atoms with Gasteiger partial charge in [-0.2, -0.15) is 0 Å². The highest BCUT2D eigenvalue weighted by Gasteiger charge is 2.34. The minimum Gasteiger partial charge on any atom is -0.350 e. The SMILES string of the molecule is O=C(NC1(CBr)CCCCC1)C1CCCCCCC1.